The first-order chi connectivity index (χ1) is 15.7. The highest BCUT2D eigenvalue weighted by atomic mass is 19.4. The van der Waals surface area contributed by atoms with Gasteiger partial charge in [0.2, 0.25) is 5.82 Å². The summed E-state index contributed by atoms with van der Waals surface area (Å²) in [6.07, 6.45) is -3.46. The van der Waals surface area contributed by atoms with Gasteiger partial charge in [0.1, 0.15) is 11.8 Å². The van der Waals surface area contributed by atoms with Crippen LogP contribution in [0.4, 0.5) is 13.2 Å². The summed E-state index contributed by atoms with van der Waals surface area (Å²) < 4.78 is 52.3. The number of nitrogens with zero attached hydrogens (tertiary/aromatic N) is 4. The van der Waals surface area contributed by atoms with E-state index in [2.05, 4.69) is 25.1 Å². The summed E-state index contributed by atoms with van der Waals surface area (Å²) in [4.78, 5) is 30.3. The second-order valence-electron chi connectivity index (χ2n) is 7.25. The van der Waals surface area contributed by atoms with Crippen LogP contribution in [-0.2, 0) is 10.9 Å². The molecule has 4 rings (SSSR count). The minimum absolute atomic E-state index is 0.135. The lowest BCUT2D eigenvalue weighted by Gasteiger charge is -2.35. The Bertz CT molecular complexity index is 1140. The highest BCUT2D eigenvalue weighted by Crippen LogP contribution is 2.29. The number of ether oxygens (including phenoxy) is 1. The van der Waals surface area contributed by atoms with Crippen molar-refractivity contribution >= 4 is 11.8 Å². The van der Waals surface area contributed by atoms with Crippen molar-refractivity contribution in [2.45, 2.75) is 19.1 Å². The molecule has 10 nitrogen and oxygen atoms in total. The molecule has 3 heterocycles. The zero-order valence-electron chi connectivity index (χ0n) is 17.3. The van der Waals surface area contributed by atoms with Crippen molar-refractivity contribution < 1.29 is 36.5 Å². The van der Waals surface area contributed by atoms with E-state index < -0.39 is 24.0 Å². The Morgan fingerprint density at radius 2 is 1.97 bits per heavy atom. The molecule has 174 valence electrons. The van der Waals surface area contributed by atoms with Crippen LogP contribution in [0, 0.1) is 6.92 Å². The third-order valence-electron chi connectivity index (χ3n) is 5.04. The first-order valence-electron chi connectivity index (χ1n) is 9.83. The van der Waals surface area contributed by atoms with E-state index >= 15 is 0 Å². The number of hydrogen-bond donors (Lipinski definition) is 1. The minimum atomic E-state index is -4.74. The SMILES string of the molecule is Cc1nocc1C(=O)N1CCOC[C@@H]1CNC(=O)c1ccc(-c2noc(C(F)(F)F)n2)cc1. The number of aromatic nitrogens is 3. The molecule has 3 aromatic rings. The van der Waals surface area contributed by atoms with Crippen LogP contribution in [0.2, 0.25) is 0 Å². The van der Waals surface area contributed by atoms with Crippen LogP contribution in [0.3, 0.4) is 0 Å². The second-order valence-corrected chi connectivity index (χ2v) is 7.25. The summed E-state index contributed by atoms with van der Waals surface area (Å²) in [6, 6.07) is 5.27. The average Bonchev–Trinajstić information content (AvgIpc) is 3.47. The predicted octanol–water partition coefficient (Wildman–Crippen LogP) is 2.32. The summed E-state index contributed by atoms with van der Waals surface area (Å²) in [5, 5.41) is 9.77. The van der Waals surface area contributed by atoms with E-state index in [1.807, 2.05) is 0 Å². The Kier molecular flexibility index (Phi) is 6.14. The van der Waals surface area contributed by atoms with Gasteiger partial charge in [0, 0.05) is 24.2 Å². The summed E-state index contributed by atoms with van der Waals surface area (Å²) >= 11 is 0. The third-order valence-corrected chi connectivity index (χ3v) is 5.04. The average molecular weight is 465 g/mol. The van der Waals surface area contributed by atoms with Gasteiger partial charge in [-0.05, 0) is 19.1 Å². The van der Waals surface area contributed by atoms with E-state index in [1.54, 1.807) is 11.8 Å². The van der Waals surface area contributed by atoms with Crippen molar-refractivity contribution in [3.8, 4) is 11.4 Å². The van der Waals surface area contributed by atoms with E-state index in [4.69, 9.17) is 9.26 Å². The standard InChI is InChI=1S/C20H18F3N5O5/c1-11-15(10-32-26-11)18(30)28-6-7-31-9-14(28)8-24-17(29)13-4-2-12(3-5-13)16-25-19(33-27-16)20(21,22)23/h2-5,10,14H,6-9H2,1H3,(H,24,29)/t14-/m0/s1. The molecule has 1 aliphatic rings. The number of carbonyl (C=O) groups is 2. The summed E-state index contributed by atoms with van der Waals surface area (Å²) in [6.45, 7) is 2.76. The molecule has 2 aromatic heterocycles. The quantitative estimate of drug-likeness (QED) is 0.609. The Morgan fingerprint density at radius 1 is 1.21 bits per heavy atom. The number of hydrogen-bond acceptors (Lipinski definition) is 8. The molecule has 0 saturated carbocycles. The van der Waals surface area contributed by atoms with Crippen molar-refractivity contribution in [1.82, 2.24) is 25.5 Å². The molecule has 1 aliphatic heterocycles. The van der Waals surface area contributed by atoms with Gasteiger partial charge >= 0.3 is 12.1 Å². The smallest absolute Gasteiger partial charge is 0.377 e. The lowest BCUT2D eigenvalue weighted by molar-refractivity contribution is -0.159. The van der Waals surface area contributed by atoms with Gasteiger partial charge in [-0.1, -0.05) is 22.4 Å². The maximum Gasteiger partial charge on any atom is 0.471 e. The Morgan fingerprint density at radius 3 is 2.61 bits per heavy atom. The van der Waals surface area contributed by atoms with Crippen LogP contribution < -0.4 is 5.32 Å². The number of halogens is 3. The highest BCUT2D eigenvalue weighted by molar-refractivity contribution is 5.96. The molecule has 1 saturated heterocycles. The molecule has 0 unspecified atom stereocenters. The second kappa shape index (κ2) is 9.02. The molecular weight excluding hydrogens is 447 g/mol. The van der Waals surface area contributed by atoms with Crippen molar-refractivity contribution in [3.05, 3.63) is 53.2 Å². The fourth-order valence-corrected chi connectivity index (χ4v) is 3.28. The fourth-order valence-electron chi connectivity index (χ4n) is 3.28. The molecule has 1 aromatic carbocycles. The monoisotopic (exact) mass is 465 g/mol. The van der Waals surface area contributed by atoms with E-state index in [0.29, 0.717) is 24.4 Å². The van der Waals surface area contributed by atoms with Gasteiger partial charge in [-0.3, -0.25) is 9.59 Å². The lowest BCUT2D eigenvalue weighted by atomic mass is 10.1. The van der Waals surface area contributed by atoms with Gasteiger partial charge < -0.3 is 24.0 Å². The van der Waals surface area contributed by atoms with Crippen molar-refractivity contribution in [2.24, 2.45) is 0 Å². The Labute approximate surface area is 184 Å². The van der Waals surface area contributed by atoms with Gasteiger partial charge in [0.05, 0.1) is 24.9 Å². The maximum atomic E-state index is 12.8. The largest absolute Gasteiger partial charge is 0.471 e. The number of nitrogens with one attached hydrogen (secondary N) is 1. The van der Waals surface area contributed by atoms with Crippen molar-refractivity contribution in [2.75, 3.05) is 26.3 Å². The number of alkyl halides is 3. The lowest BCUT2D eigenvalue weighted by Crippen LogP contribution is -2.53. The van der Waals surface area contributed by atoms with Gasteiger partial charge in [0.25, 0.3) is 11.8 Å². The van der Waals surface area contributed by atoms with Gasteiger partial charge in [-0.25, -0.2) is 0 Å². The molecule has 1 N–H and O–H groups in total. The van der Waals surface area contributed by atoms with Crippen LogP contribution >= 0.6 is 0 Å². The van der Waals surface area contributed by atoms with Crippen LogP contribution in [0.1, 0.15) is 32.3 Å². The first kappa shape index (κ1) is 22.5. The van der Waals surface area contributed by atoms with Gasteiger partial charge in [-0.2, -0.15) is 18.2 Å². The number of amides is 2. The zero-order chi connectivity index (χ0) is 23.6. The molecule has 0 radical (unpaired) electrons. The molecule has 0 spiro atoms. The van der Waals surface area contributed by atoms with Crippen LogP contribution in [0.5, 0.6) is 0 Å². The summed E-state index contributed by atoms with van der Waals surface area (Å²) in [5.41, 5.74) is 1.34. The topological polar surface area (TPSA) is 124 Å². The molecule has 1 atom stereocenters. The van der Waals surface area contributed by atoms with Crippen LogP contribution in [0.15, 0.2) is 39.6 Å². The normalized spacial score (nSPS) is 16.6. The number of benzene rings is 1. The molecular formula is C20H18F3N5O5. The van der Waals surface area contributed by atoms with Crippen molar-refractivity contribution in [3.63, 3.8) is 0 Å². The Hall–Kier alpha value is -3.74. The van der Waals surface area contributed by atoms with E-state index in [0.717, 1.165) is 0 Å². The number of carbonyl (C=O) groups excluding carboxylic acids is 2. The van der Waals surface area contributed by atoms with E-state index in [1.165, 1.54) is 30.5 Å². The number of rotatable bonds is 5. The van der Waals surface area contributed by atoms with E-state index in [9.17, 15) is 22.8 Å². The zero-order valence-corrected chi connectivity index (χ0v) is 17.3. The van der Waals surface area contributed by atoms with Gasteiger partial charge in [-0.15, -0.1) is 0 Å². The van der Waals surface area contributed by atoms with Crippen LogP contribution in [0.25, 0.3) is 11.4 Å². The van der Waals surface area contributed by atoms with Gasteiger partial charge in [0.15, 0.2) is 0 Å². The summed E-state index contributed by atoms with van der Waals surface area (Å²) in [5.74, 6) is -2.38. The highest BCUT2D eigenvalue weighted by Gasteiger charge is 2.38. The molecule has 13 heteroatoms. The molecule has 1 fully saturated rings. The molecule has 33 heavy (non-hydrogen) atoms. The fraction of sp³-hybridized carbons (Fsp3) is 0.350. The van der Waals surface area contributed by atoms with E-state index in [-0.39, 0.29) is 36.0 Å². The first-order valence-corrected chi connectivity index (χ1v) is 9.83. The Balaban J connectivity index is 1.39. The number of aryl methyl sites for hydroxylation is 1. The minimum Gasteiger partial charge on any atom is -0.377 e. The third kappa shape index (κ3) is 4.87. The maximum absolute atomic E-state index is 12.8. The van der Waals surface area contributed by atoms with Crippen LogP contribution in [-0.4, -0.2) is 64.4 Å². The van der Waals surface area contributed by atoms with Crippen molar-refractivity contribution in [1.29, 1.82) is 0 Å². The number of morpholine rings is 1. The predicted molar refractivity (Wildman–Crippen MR) is 104 cm³/mol. The molecule has 0 aliphatic carbocycles. The summed E-state index contributed by atoms with van der Waals surface area (Å²) in [7, 11) is 0. The molecule has 0 bridgehead atoms. The molecule has 2 amide bonds.